The fraction of sp³-hybridized carbons (Fsp3) is 0.562. The molecule has 0 unspecified atom stereocenters. The van der Waals surface area contributed by atoms with E-state index in [9.17, 15) is 9.18 Å². The zero-order chi connectivity index (χ0) is 15.4. The summed E-state index contributed by atoms with van der Waals surface area (Å²) < 4.78 is 19.1. The van der Waals surface area contributed by atoms with Gasteiger partial charge in [0.1, 0.15) is 17.1 Å². The van der Waals surface area contributed by atoms with Gasteiger partial charge in [-0.2, -0.15) is 0 Å². The van der Waals surface area contributed by atoms with Crippen molar-refractivity contribution in [2.75, 3.05) is 21.2 Å². The molecule has 0 aromatic heterocycles. The van der Waals surface area contributed by atoms with Gasteiger partial charge in [0.15, 0.2) is 0 Å². The summed E-state index contributed by atoms with van der Waals surface area (Å²) in [4.78, 5) is 14.2. The maximum absolute atomic E-state index is 14.0. The van der Waals surface area contributed by atoms with Crippen molar-refractivity contribution in [3.05, 3.63) is 29.6 Å². The lowest BCUT2D eigenvalue weighted by molar-refractivity contribution is 0.0677. The Balaban J connectivity index is 2.13. The third-order valence-electron chi connectivity index (χ3n) is 4.38. The van der Waals surface area contributed by atoms with Gasteiger partial charge in [-0.25, -0.2) is 4.39 Å². The van der Waals surface area contributed by atoms with Gasteiger partial charge >= 0.3 is 0 Å². The van der Waals surface area contributed by atoms with E-state index in [1.807, 2.05) is 7.05 Å². The first-order chi connectivity index (χ1) is 10.1. The highest BCUT2D eigenvalue weighted by Gasteiger charge is 2.29. The van der Waals surface area contributed by atoms with Gasteiger partial charge in [-0.05, 0) is 44.9 Å². The summed E-state index contributed by atoms with van der Waals surface area (Å²) in [7, 11) is 5.16. The summed E-state index contributed by atoms with van der Waals surface area (Å²) in [5.41, 5.74) is 0.0261. The number of carbonyl (C=O) groups is 1. The van der Waals surface area contributed by atoms with Gasteiger partial charge in [-0.3, -0.25) is 4.79 Å². The number of rotatable bonds is 4. The highest BCUT2D eigenvalue weighted by atomic mass is 19.1. The molecule has 0 radical (unpaired) electrons. The smallest absolute Gasteiger partial charge is 0.260 e. The van der Waals surface area contributed by atoms with Crippen LogP contribution in [0.2, 0.25) is 0 Å². The number of hydrogen-bond acceptors (Lipinski definition) is 3. The first-order valence-corrected chi connectivity index (χ1v) is 7.35. The third kappa shape index (κ3) is 3.35. The summed E-state index contributed by atoms with van der Waals surface area (Å²) in [6, 6.07) is 5.13. The van der Waals surface area contributed by atoms with Crippen molar-refractivity contribution < 1.29 is 13.9 Å². The maximum Gasteiger partial charge on any atom is 0.260 e. The van der Waals surface area contributed by atoms with Crippen LogP contribution < -0.4 is 10.1 Å². The highest BCUT2D eigenvalue weighted by molar-refractivity contribution is 5.97. The van der Waals surface area contributed by atoms with Crippen LogP contribution in [0.3, 0.4) is 0 Å². The molecular weight excluding hydrogens is 271 g/mol. The molecule has 0 spiro atoms. The number of halogens is 1. The topological polar surface area (TPSA) is 41.6 Å². The van der Waals surface area contributed by atoms with Gasteiger partial charge in [0, 0.05) is 19.1 Å². The molecular formula is C16H23FN2O2. The van der Waals surface area contributed by atoms with Crippen LogP contribution >= 0.6 is 0 Å². The molecule has 1 N–H and O–H groups in total. The van der Waals surface area contributed by atoms with E-state index in [1.54, 1.807) is 24.1 Å². The maximum atomic E-state index is 14.0. The molecule has 5 heteroatoms. The Kier molecular flexibility index (Phi) is 5.17. The minimum Gasteiger partial charge on any atom is -0.496 e. The SMILES string of the molecule is CNC1CCC(N(C)C(=O)c2c(F)cccc2OC)CC1. The van der Waals surface area contributed by atoms with Crippen LogP contribution in [-0.2, 0) is 0 Å². The van der Waals surface area contributed by atoms with Crippen molar-refractivity contribution in [2.45, 2.75) is 37.8 Å². The molecule has 1 amide bonds. The molecule has 1 aromatic carbocycles. The van der Waals surface area contributed by atoms with E-state index in [4.69, 9.17) is 4.74 Å². The molecule has 1 saturated carbocycles. The predicted molar refractivity (Wildman–Crippen MR) is 80.1 cm³/mol. The zero-order valence-electron chi connectivity index (χ0n) is 12.9. The lowest BCUT2D eigenvalue weighted by atomic mass is 9.90. The Morgan fingerprint density at radius 3 is 2.57 bits per heavy atom. The third-order valence-corrected chi connectivity index (χ3v) is 4.38. The number of benzene rings is 1. The average molecular weight is 294 g/mol. The van der Waals surface area contributed by atoms with E-state index in [0.29, 0.717) is 6.04 Å². The monoisotopic (exact) mass is 294 g/mol. The van der Waals surface area contributed by atoms with Crippen LogP contribution in [0.5, 0.6) is 5.75 Å². The van der Waals surface area contributed by atoms with Crippen molar-refractivity contribution in [3.63, 3.8) is 0 Å². The van der Waals surface area contributed by atoms with Crippen molar-refractivity contribution in [1.82, 2.24) is 10.2 Å². The standard InChI is InChI=1S/C16H23FN2O2/c1-18-11-7-9-12(10-8-11)19(2)16(20)15-13(17)5-4-6-14(15)21-3/h4-6,11-12,18H,7-10H2,1-3H3. The largest absolute Gasteiger partial charge is 0.496 e. The first-order valence-electron chi connectivity index (χ1n) is 7.35. The predicted octanol–water partition coefficient (Wildman–Crippen LogP) is 2.44. The van der Waals surface area contributed by atoms with E-state index in [0.717, 1.165) is 25.7 Å². The fourth-order valence-electron chi connectivity index (χ4n) is 2.98. The molecule has 1 aliphatic carbocycles. The molecule has 1 aromatic rings. The number of hydrogen-bond donors (Lipinski definition) is 1. The van der Waals surface area contributed by atoms with Crippen molar-refractivity contribution in [3.8, 4) is 5.75 Å². The van der Waals surface area contributed by atoms with E-state index in [-0.39, 0.29) is 23.3 Å². The Morgan fingerprint density at radius 1 is 1.33 bits per heavy atom. The molecule has 0 heterocycles. The Hall–Kier alpha value is -1.62. The van der Waals surface area contributed by atoms with Crippen LogP contribution in [0.1, 0.15) is 36.0 Å². The van der Waals surface area contributed by atoms with E-state index in [2.05, 4.69) is 5.32 Å². The number of nitrogens with zero attached hydrogens (tertiary/aromatic N) is 1. The van der Waals surface area contributed by atoms with Gasteiger partial charge in [-0.1, -0.05) is 6.07 Å². The molecule has 0 atom stereocenters. The highest BCUT2D eigenvalue weighted by Crippen LogP contribution is 2.27. The average Bonchev–Trinajstić information content (AvgIpc) is 2.53. The number of amides is 1. The summed E-state index contributed by atoms with van der Waals surface area (Å²) in [5, 5.41) is 3.27. The molecule has 4 nitrogen and oxygen atoms in total. The zero-order valence-corrected chi connectivity index (χ0v) is 12.9. The van der Waals surface area contributed by atoms with E-state index < -0.39 is 5.82 Å². The second-order valence-corrected chi connectivity index (χ2v) is 5.53. The van der Waals surface area contributed by atoms with Gasteiger partial charge in [0.25, 0.3) is 5.91 Å². The number of nitrogens with one attached hydrogen (secondary N) is 1. The molecule has 2 rings (SSSR count). The van der Waals surface area contributed by atoms with Crippen molar-refractivity contribution >= 4 is 5.91 Å². The van der Waals surface area contributed by atoms with Crippen LogP contribution in [-0.4, -0.2) is 44.1 Å². The van der Waals surface area contributed by atoms with Crippen LogP contribution in [0.25, 0.3) is 0 Å². The van der Waals surface area contributed by atoms with Crippen molar-refractivity contribution in [2.24, 2.45) is 0 Å². The summed E-state index contributed by atoms with van der Waals surface area (Å²) in [6.07, 6.45) is 3.94. The lowest BCUT2D eigenvalue weighted by Gasteiger charge is -2.34. The Morgan fingerprint density at radius 2 is 2.00 bits per heavy atom. The molecule has 21 heavy (non-hydrogen) atoms. The van der Waals surface area contributed by atoms with Gasteiger partial charge in [0.2, 0.25) is 0 Å². The van der Waals surface area contributed by atoms with Gasteiger partial charge in [0.05, 0.1) is 7.11 Å². The molecule has 116 valence electrons. The van der Waals surface area contributed by atoms with Crippen LogP contribution in [0, 0.1) is 5.82 Å². The Bertz CT molecular complexity index is 499. The lowest BCUT2D eigenvalue weighted by Crippen LogP contribution is -2.42. The first kappa shape index (κ1) is 15.8. The summed E-state index contributed by atoms with van der Waals surface area (Å²) in [5.74, 6) is -0.552. The number of ether oxygens (including phenoxy) is 1. The minimum absolute atomic E-state index is 0.0261. The minimum atomic E-state index is -0.532. The summed E-state index contributed by atoms with van der Waals surface area (Å²) in [6.45, 7) is 0. The molecule has 0 saturated heterocycles. The molecule has 0 bridgehead atoms. The van der Waals surface area contributed by atoms with Crippen LogP contribution in [0.4, 0.5) is 4.39 Å². The Labute approximate surface area is 125 Å². The number of carbonyl (C=O) groups excluding carboxylic acids is 1. The normalized spacial score (nSPS) is 21.9. The van der Waals surface area contributed by atoms with Gasteiger partial charge in [-0.15, -0.1) is 0 Å². The fourth-order valence-corrected chi connectivity index (χ4v) is 2.98. The van der Waals surface area contributed by atoms with E-state index in [1.165, 1.54) is 13.2 Å². The quantitative estimate of drug-likeness (QED) is 0.927. The summed E-state index contributed by atoms with van der Waals surface area (Å²) >= 11 is 0. The molecule has 1 aliphatic rings. The van der Waals surface area contributed by atoms with Crippen molar-refractivity contribution in [1.29, 1.82) is 0 Å². The van der Waals surface area contributed by atoms with E-state index >= 15 is 0 Å². The molecule has 1 fully saturated rings. The molecule has 0 aliphatic heterocycles. The van der Waals surface area contributed by atoms with Gasteiger partial charge < -0.3 is 15.0 Å². The number of methoxy groups -OCH3 is 1. The second-order valence-electron chi connectivity index (χ2n) is 5.53. The second kappa shape index (κ2) is 6.89. The van der Waals surface area contributed by atoms with Crippen LogP contribution in [0.15, 0.2) is 18.2 Å².